The Morgan fingerprint density at radius 1 is 1.56 bits per heavy atom. The summed E-state index contributed by atoms with van der Waals surface area (Å²) in [6.07, 6.45) is 0.816. The molecule has 3 nitrogen and oxygen atoms in total. The van der Waals surface area contributed by atoms with E-state index >= 15 is 0 Å². The number of aliphatic hydroxyl groups is 1. The van der Waals surface area contributed by atoms with Gasteiger partial charge in [-0.25, -0.2) is 4.39 Å². The number of hydrogen-bond acceptors (Lipinski definition) is 2. The summed E-state index contributed by atoms with van der Waals surface area (Å²) in [5.41, 5.74) is 7.29. The van der Waals surface area contributed by atoms with Crippen molar-refractivity contribution in [2.24, 2.45) is 5.73 Å². The van der Waals surface area contributed by atoms with Crippen molar-refractivity contribution in [3.63, 3.8) is 0 Å². The number of H-pyrrole nitrogens is 1. The number of rotatable bonds is 0. The Morgan fingerprint density at radius 3 is 3.00 bits per heavy atom. The van der Waals surface area contributed by atoms with Gasteiger partial charge in [0.05, 0.1) is 5.02 Å². The van der Waals surface area contributed by atoms with Gasteiger partial charge in [0.15, 0.2) is 0 Å². The van der Waals surface area contributed by atoms with Crippen LogP contribution >= 0.6 is 11.6 Å². The second-order valence-electron chi connectivity index (χ2n) is 5.21. The first-order valence-electron chi connectivity index (χ1n) is 5.88. The minimum Gasteiger partial charge on any atom is -0.376 e. The Kier molecular flexibility index (Phi) is 2.46. The monoisotopic (exact) mass is 268 g/mol. The quantitative estimate of drug-likeness (QED) is 0.643. The maximum absolute atomic E-state index is 13.5. The molecule has 1 aromatic carbocycles. The molecule has 4 N–H and O–H groups in total. The molecule has 0 saturated carbocycles. The van der Waals surface area contributed by atoms with Crippen molar-refractivity contribution in [2.45, 2.75) is 31.4 Å². The van der Waals surface area contributed by atoms with E-state index in [0.717, 1.165) is 22.2 Å². The summed E-state index contributed by atoms with van der Waals surface area (Å²) in [7, 11) is 0. The number of benzene rings is 1. The molecule has 1 aliphatic carbocycles. The molecule has 2 atom stereocenters. The van der Waals surface area contributed by atoms with E-state index in [-0.39, 0.29) is 10.9 Å². The summed E-state index contributed by atoms with van der Waals surface area (Å²) < 4.78 is 13.5. The van der Waals surface area contributed by atoms with Crippen LogP contribution in [0.25, 0.3) is 10.9 Å². The van der Waals surface area contributed by atoms with Crippen LogP contribution in [-0.2, 0) is 6.42 Å². The second kappa shape index (κ2) is 3.70. The van der Waals surface area contributed by atoms with E-state index in [1.54, 1.807) is 6.07 Å². The fourth-order valence-corrected chi connectivity index (χ4v) is 3.05. The molecule has 0 amide bonds. The van der Waals surface area contributed by atoms with Crippen LogP contribution in [0.4, 0.5) is 4.39 Å². The molecule has 2 unspecified atom stereocenters. The lowest BCUT2D eigenvalue weighted by atomic mass is 9.82. The molecule has 0 aliphatic heterocycles. The highest BCUT2D eigenvalue weighted by molar-refractivity contribution is 6.31. The Labute approximate surface area is 109 Å². The van der Waals surface area contributed by atoms with Gasteiger partial charge < -0.3 is 15.8 Å². The van der Waals surface area contributed by atoms with E-state index < -0.39 is 11.5 Å². The molecule has 18 heavy (non-hydrogen) atoms. The third-order valence-electron chi connectivity index (χ3n) is 3.62. The zero-order valence-corrected chi connectivity index (χ0v) is 10.7. The topological polar surface area (TPSA) is 62.0 Å². The van der Waals surface area contributed by atoms with Crippen molar-refractivity contribution >= 4 is 22.5 Å². The molecular formula is C13H14ClFN2O. The highest BCUT2D eigenvalue weighted by Gasteiger charge is 2.34. The van der Waals surface area contributed by atoms with E-state index in [2.05, 4.69) is 4.98 Å². The fraction of sp³-hybridized carbons (Fsp3) is 0.385. The van der Waals surface area contributed by atoms with Gasteiger partial charge in [0.25, 0.3) is 0 Å². The zero-order valence-electron chi connectivity index (χ0n) is 9.93. The Balaban J connectivity index is 2.28. The molecule has 5 heteroatoms. The molecule has 96 valence electrons. The fourth-order valence-electron chi connectivity index (χ4n) is 2.89. The van der Waals surface area contributed by atoms with Crippen LogP contribution in [0.2, 0.25) is 5.02 Å². The van der Waals surface area contributed by atoms with Gasteiger partial charge >= 0.3 is 0 Å². The molecule has 0 radical (unpaired) electrons. The summed E-state index contributed by atoms with van der Waals surface area (Å²) in [5.74, 6) is -0.345. The van der Waals surface area contributed by atoms with Gasteiger partial charge in [-0.15, -0.1) is 0 Å². The Bertz CT molecular complexity index is 635. The first-order chi connectivity index (χ1) is 8.37. The van der Waals surface area contributed by atoms with Crippen LogP contribution in [0.1, 0.15) is 30.5 Å². The molecule has 0 bridgehead atoms. The highest BCUT2D eigenvalue weighted by Crippen LogP contribution is 2.39. The van der Waals surface area contributed by atoms with Gasteiger partial charge in [-0.2, -0.15) is 0 Å². The normalized spacial score (nSPS) is 27.5. The largest absolute Gasteiger partial charge is 0.376 e. The highest BCUT2D eigenvalue weighted by atomic mass is 35.5. The molecule has 0 saturated heterocycles. The average Bonchev–Trinajstić information content (AvgIpc) is 2.56. The van der Waals surface area contributed by atoms with Crippen molar-refractivity contribution in [1.82, 2.24) is 4.98 Å². The first kappa shape index (κ1) is 12.0. The van der Waals surface area contributed by atoms with Crippen LogP contribution in [-0.4, -0.2) is 15.8 Å². The lowest BCUT2D eigenvalue weighted by molar-refractivity contribution is 0.0258. The molecule has 3 rings (SSSR count). The number of aromatic amines is 1. The van der Waals surface area contributed by atoms with Crippen LogP contribution in [0.3, 0.4) is 0 Å². The van der Waals surface area contributed by atoms with Crippen molar-refractivity contribution in [3.05, 3.63) is 34.2 Å². The lowest BCUT2D eigenvalue weighted by Gasteiger charge is -2.32. The summed E-state index contributed by atoms with van der Waals surface area (Å²) in [6, 6.07) is 2.98. The predicted octanol–water partition coefficient (Wildman–Crippen LogP) is 2.66. The van der Waals surface area contributed by atoms with Gasteiger partial charge in [-0.1, -0.05) is 18.5 Å². The van der Waals surface area contributed by atoms with E-state index in [9.17, 15) is 9.50 Å². The lowest BCUT2D eigenvalue weighted by Crippen LogP contribution is -2.45. The minimum atomic E-state index is -1.22. The van der Waals surface area contributed by atoms with E-state index in [1.165, 1.54) is 6.07 Å². The summed E-state index contributed by atoms with van der Waals surface area (Å²) in [6.45, 7) is 1.99. The maximum atomic E-state index is 13.5. The van der Waals surface area contributed by atoms with E-state index in [4.69, 9.17) is 17.3 Å². The van der Waals surface area contributed by atoms with E-state index in [1.807, 2.05) is 6.92 Å². The van der Waals surface area contributed by atoms with Crippen molar-refractivity contribution in [1.29, 1.82) is 0 Å². The van der Waals surface area contributed by atoms with Gasteiger partial charge in [-0.05, 0) is 24.1 Å². The number of halogens is 2. The van der Waals surface area contributed by atoms with Gasteiger partial charge in [-0.3, -0.25) is 0 Å². The standard InChI is InChI=1S/C13H14ClFN2O/c1-6-4-13(16,18)5-8-7-2-10(15)9(14)3-11(7)17-12(6)8/h2-3,6,17-18H,4-5,16H2,1H3. The molecule has 2 aromatic rings. The van der Waals surface area contributed by atoms with Crippen molar-refractivity contribution in [3.8, 4) is 0 Å². The summed E-state index contributed by atoms with van der Waals surface area (Å²) in [4.78, 5) is 3.25. The Hall–Kier alpha value is -1.10. The Morgan fingerprint density at radius 2 is 2.28 bits per heavy atom. The van der Waals surface area contributed by atoms with Crippen LogP contribution in [0, 0.1) is 5.82 Å². The molecule has 0 spiro atoms. The van der Waals surface area contributed by atoms with Crippen LogP contribution < -0.4 is 5.73 Å². The summed E-state index contributed by atoms with van der Waals surface area (Å²) in [5, 5.41) is 10.9. The molecule has 1 aliphatic rings. The second-order valence-corrected chi connectivity index (χ2v) is 5.62. The third-order valence-corrected chi connectivity index (χ3v) is 3.91. The molecule has 1 heterocycles. The number of hydrogen-bond donors (Lipinski definition) is 3. The predicted molar refractivity (Wildman–Crippen MR) is 69.1 cm³/mol. The number of nitrogens with two attached hydrogens (primary N) is 1. The number of aromatic nitrogens is 1. The summed E-state index contributed by atoms with van der Waals surface area (Å²) >= 11 is 5.77. The van der Waals surface area contributed by atoms with Gasteiger partial charge in [0.1, 0.15) is 11.5 Å². The SMILES string of the molecule is CC1CC(N)(O)Cc2c1[nH]c1cc(Cl)c(F)cc21. The van der Waals surface area contributed by atoms with E-state index in [0.29, 0.717) is 12.8 Å². The zero-order chi connectivity index (χ0) is 13.1. The number of nitrogens with one attached hydrogen (secondary N) is 1. The van der Waals surface area contributed by atoms with Gasteiger partial charge in [0, 0.05) is 28.9 Å². The maximum Gasteiger partial charge on any atom is 0.142 e. The first-order valence-corrected chi connectivity index (χ1v) is 6.26. The van der Waals surface area contributed by atoms with Crippen LogP contribution in [0.5, 0.6) is 0 Å². The third kappa shape index (κ3) is 1.72. The van der Waals surface area contributed by atoms with Crippen LogP contribution in [0.15, 0.2) is 12.1 Å². The van der Waals surface area contributed by atoms with Crippen molar-refractivity contribution in [2.75, 3.05) is 0 Å². The molecule has 0 fully saturated rings. The molecular weight excluding hydrogens is 255 g/mol. The van der Waals surface area contributed by atoms with Gasteiger partial charge in [0.2, 0.25) is 0 Å². The van der Waals surface area contributed by atoms with Crippen molar-refractivity contribution < 1.29 is 9.50 Å². The number of fused-ring (bicyclic) bond motifs is 3. The average molecular weight is 269 g/mol. The molecule has 1 aromatic heterocycles. The minimum absolute atomic E-state index is 0.0942. The smallest absolute Gasteiger partial charge is 0.142 e.